The molecule has 1 rings (SSSR count). The molecule has 0 bridgehead atoms. The number of hydrogen-bond donors (Lipinski definition) is 0. The SMILES string of the molecule is CC1=C(F)CC(F)=C(C)C=C1. The van der Waals surface area contributed by atoms with Crippen LogP contribution in [0.3, 0.4) is 0 Å². The molecule has 11 heavy (non-hydrogen) atoms. The van der Waals surface area contributed by atoms with E-state index in [9.17, 15) is 8.78 Å². The third-order valence-electron chi connectivity index (χ3n) is 1.75. The van der Waals surface area contributed by atoms with Gasteiger partial charge in [0, 0.05) is 0 Å². The van der Waals surface area contributed by atoms with Crippen LogP contribution >= 0.6 is 0 Å². The Balaban J connectivity index is 3.01. The highest BCUT2D eigenvalue weighted by Gasteiger charge is 2.08. The lowest BCUT2D eigenvalue weighted by molar-refractivity contribution is 0.534. The molecular weight excluding hydrogens is 146 g/mol. The van der Waals surface area contributed by atoms with Gasteiger partial charge in [-0.2, -0.15) is 0 Å². The van der Waals surface area contributed by atoms with E-state index in [0.717, 1.165) is 0 Å². The van der Waals surface area contributed by atoms with Crippen molar-refractivity contribution < 1.29 is 8.78 Å². The second-order valence-electron chi connectivity index (χ2n) is 2.69. The quantitative estimate of drug-likeness (QED) is 0.504. The minimum Gasteiger partial charge on any atom is -0.211 e. The summed E-state index contributed by atoms with van der Waals surface area (Å²) < 4.78 is 25.6. The molecule has 0 radical (unpaired) electrons. The van der Waals surface area contributed by atoms with Gasteiger partial charge in [-0.05, 0) is 25.0 Å². The molecule has 1 aliphatic carbocycles. The monoisotopic (exact) mass is 156 g/mol. The molecular formula is C9H10F2. The molecule has 0 unspecified atom stereocenters. The van der Waals surface area contributed by atoms with Crippen LogP contribution in [0.15, 0.2) is 35.0 Å². The Kier molecular flexibility index (Phi) is 2.22. The summed E-state index contributed by atoms with van der Waals surface area (Å²) in [5.74, 6) is -0.758. The van der Waals surface area contributed by atoms with E-state index < -0.39 is 0 Å². The van der Waals surface area contributed by atoms with Gasteiger partial charge in [0.2, 0.25) is 0 Å². The lowest BCUT2D eigenvalue weighted by Gasteiger charge is -1.95. The topological polar surface area (TPSA) is 0 Å². The first-order chi connectivity index (χ1) is 5.11. The molecule has 0 fully saturated rings. The second-order valence-corrected chi connectivity index (χ2v) is 2.69. The molecule has 0 heterocycles. The van der Waals surface area contributed by atoms with Crippen LogP contribution in [-0.2, 0) is 0 Å². The smallest absolute Gasteiger partial charge is 0.110 e. The molecule has 0 atom stereocenters. The summed E-state index contributed by atoms with van der Waals surface area (Å²) in [5, 5.41) is 0. The van der Waals surface area contributed by atoms with Crippen molar-refractivity contribution in [3.63, 3.8) is 0 Å². The van der Waals surface area contributed by atoms with E-state index in [4.69, 9.17) is 0 Å². The van der Waals surface area contributed by atoms with Gasteiger partial charge in [-0.25, -0.2) is 8.78 Å². The summed E-state index contributed by atoms with van der Waals surface area (Å²) in [7, 11) is 0. The van der Waals surface area contributed by atoms with Crippen LogP contribution in [0.4, 0.5) is 8.78 Å². The fourth-order valence-corrected chi connectivity index (χ4v) is 0.846. The molecule has 0 nitrogen and oxygen atoms in total. The maximum Gasteiger partial charge on any atom is 0.110 e. The van der Waals surface area contributed by atoms with Gasteiger partial charge in [0.25, 0.3) is 0 Å². The van der Waals surface area contributed by atoms with Gasteiger partial charge in [-0.3, -0.25) is 0 Å². The van der Waals surface area contributed by atoms with E-state index in [2.05, 4.69) is 0 Å². The molecule has 0 aromatic rings. The molecule has 0 spiro atoms. The minimum absolute atomic E-state index is 0.190. The first kappa shape index (κ1) is 8.18. The van der Waals surface area contributed by atoms with Crippen molar-refractivity contribution in [2.45, 2.75) is 20.3 Å². The van der Waals surface area contributed by atoms with Gasteiger partial charge < -0.3 is 0 Å². The molecule has 0 saturated heterocycles. The lowest BCUT2D eigenvalue weighted by Crippen LogP contribution is -1.80. The van der Waals surface area contributed by atoms with Gasteiger partial charge >= 0.3 is 0 Å². The van der Waals surface area contributed by atoms with Crippen molar-refractivity contribution in [2.75, 3.05) is 0 Å². The van der Waals surface area contributed by atoms with Crippen molar-refractivity contribution in [1.29, 1.82) is 0 Å². The summed E-state index contributed by atoms with van der Waals surface area (Å²) in [6.07, 6.45) is 3.00. The molecule has 2 heteroatoms. The Labute approximate surface area is 64.9 Å². The zero-order chi connectivity index (χ0) is 8.43. The van der Waals surface area contributed by atoms with Crippen LogP contribution in [-0.4, -0.2) is 0 Å². The fourth-order valence-electron chi connectivity index (χ4n) is 0.846. The van der Waals surface area contributed by atoms with Crippen LogP contribution in [0, 0.1) is 0 Å². The van der Waals surface area contributed by atoms with Crippen molar-refractivity contribution >= 4 is 0 Å². The van der Waals surface area contributed by atoms with Crippen LogP contribution < -0.4 is 0 Å². The summed E-state index contributed by atoms with van der Waals surface area (Å²) >= 11 is 0. The summed E-state index contributed by atoms with van der Waals surface area (Å²) in [5.41, 5.74) is 1.02. The van der Waals surface area contributed by atoms with Gasteiger partial charge in [-0.1, -0.05) is 12.2 Å². The van der Waals surface area contributed by atoms with E-state index in [1.165, 1.54) is 0 Å². The second kappa shape index (κ2) is 2.99. The Morgan fingerprint density at radius 3 is 1.73 bits per heavy atom. The van der Waals surface area contributed by atoms with E-state index in [0.29, 0.717) is 11.1 Å². The first-order valence-corrected chi connectivity index (χ1v) is 3.50. The van der Waals surface area contributed by atoms with Crippen LogP contribution in [0.2, 0.25) is 0 Å². The van der Waals surface area contributed by atoms with Gasteiger partial charge in [-0.15, -0.1) is 0 Å². The molecule has 1 aliphatic rings. The third kappa shape index (κ3) is 1.76. The van der Waals surface area contributed by atoms with E-state index in [-0.39, 0.29) is 18.1 Å². The van der Waals surface area contributed by atoms with Crippen LogP contribution in [0.25, 0.3) is 0 Å². The van der Waals surface area contributed by atoms with E-state index >= 15 is 0 Å². The molecule has 60 valence electrons. The number of hydrogen-bond acceptors (Lipinski definition) is 0. The van der Waals surface area contributed by atoms with Crippen molar-refractivity contribution in [3.8, 4) is 0 Å². The van der Waals surface area contributed by atoms with Crippen LogP contribution in [0.1, 0.15) is 20.3 Å². The highest BCUT2D eigenvalue weighted by molar-refractivity contribution is 5.34. The molecule has 0 aromatic carbocycles. The average Bonchev–Trinajstić information content (AvgIpc) is 2.05. The normalized spacial score (nSPS) is 19.3. The Hall–Kier alpha value is -0.920. The standard InChI is InChI=1S/C9H10F2/c1-6-3-4-7(2)9(11)5-8(6)10/h3-4H,5H2,1-2H3. The Bertz CT molecular complexity index is 231. The molecule has 0 amide bonds. The summed E-state index contributed by atoms with van der Waals surface area (Å²) in [6, 6.07) is 0. The Morgan fingerprint density at radius 2 is 1.36 bits per heavy atom. The van der Waals surface area contributed by atoms with Crippen molar-refractivity contribution in [1.82, 2.24) is 0 Å². The average molecular weight is 156 g/mol. The Morgan fingerprint density at radius 1 is 1.00 bits per heavy atom. The van der Waals surface area contributed by atoms with Gasteiger partial charge in [0.1, 0.15) is 11.7 Å². The fraction of sp³-hybridized carbons (Fsp3) is 0.333. The van der Waals surface area contributed by atoms with E-state index in [1.54, 1.807) is 26.0 Å². The maximum atomic E-state index is 12.8. The van der Waals surface area contributed by atoms with E-state index in [1.807, 2.05) is 0 Å². The molecule has 0 saturated carbocycles. The number of allylic oxidation sites excluding steroid dienone is 6. The predicted octanol–water partition coefficient (Wildman–Crippen LogP) is 3.43. The van der Waals surface area contributed by atoms with Crippen molar-refractivity contribution in [3.05, 3.63) is 35.0 Å². The maximum absolute atomic E-state index is 12.8. The van der Waals surface area contributed by atoms with Gasteiger partial charge in [0.05, 0.1) is 6.42 Å². The molecule has 0 N–H and O–H groups in total. The molecule has 0 aromatic heterocycles. The third-order valence-corrected chi connectivity index (χ3v) is 1.75. The highest BCUT2D eigenvalue weighted by Crippen LogP contribution is 2.24. The number of rotatable bonds is 0. The highest BCUT2D eigenvalue weighted by atomic mass is 19.1. The largest absolute Gasteiger partial charge is 0.211 e. The van der Waals surface area contributed by atoms with Crippen molar-refractivity contribution in [2.24, 2.45) is 0 Å². The summed E-state index contributed by atoms with van der Waals surface area (Å²) in [4.78, 5) is 0. The summed E-state index contributed by atoms with van der Waals surface area (Å²) in [6.45, 7) is 3.27. The minimum atomic E-state index is -0.379. The van der Waals surface area contributed by atoms with Crippen LogP contribution in [0.5, 0.6) is 0 Å². The lowest BCUT2D eigenvalue weighted by atomic mass is 10.2. The zero-order valence-corrected chi connectivity index (χ0v) is 6.62. The first-order valence-electron chi connectivity index (χ1n) is 3.50. The molecule has 0 aliphatic heterocycles. The predicted molar refractivity (Wildman–Crippen MR) is 41.4 cm³/mol. The zero-order valence-electron chi connectivity index (χ0n) is 6.62. The number of halogens is 2. The van der Waals surface area contributed by atoms with Gasteiger partial charge in [0.15, 0.2) is 0 Å².